The molecule has 0 amide bonds. The average Bonchev–Trinajstić information content (AvgIpc) is 2.62. The fraction of sp³-hybridized carbons (Fsp3) is 0.429. The molecule has 0 bridgehead atoms. The molecule has 0 saturated carbocycles. The van der Waals surface area contributed by atoms with E-state index in [2.05, 4.69) is 20.7 Å². The van der Waals surface area contributed by atoms with Gasteiger partial charge in [0, 0.05) is 26.2 Å². The van der Waals surface area contributed by atoms with E-state index in [9.17, 15) is 22.0 Å². The summed E-state index contributed by atoms with van der Waals surface area (Å²) in [5, 5.41) is 6.25. The lowest BCUT2D eigenvalue weighted by Gasteiger charge is -2.26. The zero-order valence-electron chi connectivity index (χ0n) is 12.9. The number of halogens is 5. The summed E-state index contributed by atoms with van der Waals surface area (Å²) < 4.78 is 71.1. The Hall–Kier alpha value is -1.85. The predicted octanol–water partition coefficient (Wildman–Crippen LogP) is 1.51. The average molecular weight is 382 g/mol. The Kier molecular flexibility index (Phi) is 7.02. The molecule has 1 aromatic rings. The van der Waals surface area contributed by atoms with Gasteiger partial charge in [-0.05, 0) is 12.2 Å². The summed E-state index contributed by atoms with van der Waals surface area (Å²) in [6.45, 7) is 4.13. The van der Waals surface area contributed by atoms with Gasteiger partial charge in [-0.2, -0.15) is 5.10 Å². The fourth-order valence-electron chi connectivity index (χ4n) is 2.08. The van der Waals surface area contributed by atoms with Crippen molar-refractivity contribution in [2.24, 2.45) is 5.10 Å². The van der Waals surface area contributed by atoms with Gasteiger partial charge in [-0.1, -0.05) is 0 Å². The van der Waals surface area contributed by atoms with E-state index < -0.39 is 34.6 Å². The summed E-state index contributed by atoms with van der Waals surface area (Å²) in [6.07, 6.45) is 0.478. The highest BCUT2D eigenvalue weighted by molar-refractivity contribution is 7.80. The van der Waals surface area contributed by atoms with E-state index in [4.69, 9.17) is 17.0 Å². The lowest BCUT2D eigenvalue weighted by Crippen LogP contribution is -2.42. The van der Waals surface area contributed by atoms with E-state index in [0.717, 1.165) is 13.1 Å². The summed E-state index contributed by atoms with van der Waals surface area (Å²) in [6, 6.07) is 0. The van der Waals surface area contributed by atoms with Gasteiger partial charge in [-0.15, -0.1) is 0 Å². The second-order valence-electron chi connectivity index (χ2n) is 5.06. The Labute approximate surface area is 145 Å². The first-order chi connectivity index (χ1) is 11.9. The number of hydrogen-bond donors (Lipinski definition) is 2. The Morgan fingerprint density at radius 2 is 1.60 bits per heavy atom. The van der Waals surface area contributed by atoms with Gasteiger partial charge in [0.2, 0.25) is 5.82 Å². The second kappa shape index (κ2) is 9.02. The number of hydrogen-bond acceptors (Lipinski definition) is 4. The van der Waals surface area contributed by atoms with Gasteiger partial charge in [-0.25, -0.2) is 22.0 Å². The zero-order valence-corrected chi connectivity index (χ0v) is 13.7. The zero-order chi connectivity index (χ0) is 18.4. The molecule has 2 rings (SSSR count). The van der Waals surface area contributed by atoms with Crippen molar-refractivity contribution in [3.63, 3.8) is 0 Å². The van der Waals surface area contributed by atoms with E-state index in [1.54, 1.807) is 0 Å². The summed E-state index contributed by atoms with van der Waals surface area (Å²) in [4.78, 5) is 2.15. The van der Waals surface area contributed by atoms with Crippen LogP contribution in [0.2, 0.25) is 0 Å². The van der Waals surface area contributed by atoms with Crippen molar-refractivity contribution >= 4 is 23.5 Å². The lowest BCUT2D eigenvalue weighted by molar-refractivity contribution is 0.0389. The first-order valence-electron chi connectivity index (χ1n) is 7.30. The number of nitrogens with one attached hydrogen (secondary N) is 2. The molecule has 0 radical (unpaired) electrons. The van der Waals surface area contributed by atoms with Gasteiger partial charge in [0.05, 0.1) is 25.0 Å². The van der Waals surface area contributed by atoms with Crippen molar-refractivity contribution in [3.8, 4) is 0 Å². The monoisotopic (exact) mass is 382 g/mol. The molecule has 1 aliphatic heterocycles. The van der Waals surface area contributed by atoms with Gasteiger partial charge in [0.25, 0.3) is 0 Å². The number of rotatable bonds is 5. The number of morpholine rings is 1. The molecule has 11 heteroatoms. The Morgan fingerprint density at radius 1 is 1.04 bits per heavy atom. The van der Waals surface area contributed by atoms with Crippen LogP contribution in [-0.2, 0) is 4.74 Å². The molecule has 1 saturated heterocycles. The van der Waals surface area contributed by atoms with Crippen LogP contribution in [0.4, 0.5) is 22.0 Å². The molecule has 138 valence electrons. The van der Waals surface area contributed by atoms with Crippen molar-refractivity contribution in [1.29, 1.82) is 0 Å². The van der Waals surface area contributed by atoms with Crippen molar-refractivity contribution < 1.29 is 26.7 Å². The fourth-order valence-corrected chi connectivity index (χ4v) is 2.24. The molecule has 25 heavy (non-hydrogen) atoms. The van der Waals surface area contributed by atoms with Crippen molar-refractivity contribution in [2.45, 2.75) is 0 Å². The summed E-state index contributed by atoms with van der Waals surface area (Å²) in [7, 11) is 0. The van der Waals surface area contributed by atoms with Crippen LogP contribution in [0.5, 0.6) is 0 Å². The molecule has 0 atom stereocenters. The Balaban J connectivity index is 1.85. The van der Waals surface area contributed by atoms with Crippen LogP contribution in [0.1, 0.15) is 5.56 Å². The number of thiocarbonyl (C=S) groups is 1. The molecule has 1 heterocycles. The third-order valence-electron chi connectivity index (χ3n) is 3.42. The third kappa shape index (κ3) is 5.06. The molecule has 0 aliphatic carbocycles. The summed E-state index contributed by atoms with van der Waals surface area (Å²) in [5.41, 5.74) is 1.10. The minimum atomic E-state index is -2.22. The smallest absolute Gasteiger partial charge is 0.200 e. The largest absolute Gasteiger partial charge is 0.379 e. The van der Waals surface area contributed by atoms with E-state index in [0.29, 0.717) is 32.5 Å². The van der Waals surface area contributed by atoms with Gasteiger partial charge < -0.3 is 10.1 Å². The van der Waals surface area contributed by atoms with Crippen LogP contribution in [0.25, 0.3) is 0 Å². The van der Waals surface area contributed by atoms with Crippen LogP contribution in [0, 0.1) is 29.1 Å². The van der Waals surface area contributed by atoms with Gasteiger partial charge >= 0.3 is 0 Å². The maximum Gasteiger partial charge on any atom is 0.200 e. The van der Waals surface area contributed by atoms with E-state index in [-0.39, 0.29) is 5.11 Å². The topological polar surface area (TPSA) is 48.9 Å². The molecule has 1 fully saturated rings. The molecule has 0 spiro atoms. The van der Waals surface area contributed by atoms with Gasteiger partial charge in [0.1, 0.15) is 0 Å². The summed E-state index contributed by atoms with van der Waals surface area (Å²) >= 11 is 4.90. The molecule has 0 unspecified atom stereocenters. The maximum atomic E-state index is 13.4. The second-order valence-corrected chi connectivity index (χ2v) is 5.47. The van der Waals surface area contributed by atoms with Gasteiger partial charge in [-0.3, -0.25) is 10.3 Å². The maximum absolute atomic E-state index is 13.4. The van der Waals surface area contributed by atoms with Crippen LogP contribution in [0.15, 0.2) is 5.10 Å². The van der Waals surface area contributed by atoms with E-state index in [1.165, 1.54) is 0 Å². The quantitative estimate of drug-likeness (QED) is 0.202. The normalized spacial score (nSPS) is 15.6. The van der Waals surface area contributed by atoms with Crippen LogP contribution in [-0.4, -0.2) is 55.6 Å². The highest BCUT2D eigenvalue weighted by Crippen LogP contribution is 2.21. The third-order valence-corrected chi connectivity index (χ3v) is 3.66. The highest BCUT2D eigenvalue weighted by atomic mass is 32.1. The first kappa shape index (κ1) is 19.5. The van der Waals surface area contributed by atoms with Crippen LogP contribution >= 0.6 is 12.2 Å². The number of ether oxygens (including phenoxy) is 1. The molecule has 2 N–H and O–H groups in total. The van der Waals surface area contributed by atoms with Crippen LogP contribution in [0.3, 0.4) is 0 Å². The minimum absolute atomic E-state index is 0.0494. The van der Waals surface area contributed by atoms with E-state index >= 15 is 0 Å². The molecule has 0 aromatic heterocycles. The van der Waals surface area contributed by atoms with Crippen LogP contribution < -0.4 is 10.7 Å². The SMILES string of the molecule is Fc1c(F)c(F)c(/C=N\NC(=S)NCCN2CCOCC2)c(F)c1F. The minimum Gasteiger partial charge on any atom is -0.379 e. The predicted molar refractivity (Wildman–Crippen MR) is 84.8 cm³/mol. The molecule has 1 aromatic carbocycles. The number of benzene rings is 1. The van der Waals surface area contributed by atoms with Crippen molar-refractivity contribution in [3.05, 3.63) is 34.6 Å². The number of hydrazone groups is 1. The number of nitrogens with zero attached hydrogens (tertiary/aromatic N) is 2. The Morgan fingerprint density at radius 3 is 2.20 bits per heavy atom. The highest BCUT2D eigenvalue weighted by Gasteiger charge is 2.24. The molecular formula is C14H15F5N4OS. The molecular weight excluding hydrogens is 367 g/mol. The standard InChI is InChI=1S/C14H15F5N4OS/c15-9-8(10(16)12(18)13(19)11(9)17)7-21-22-14(25)20-1-2-23-3-5-24-6-4-23/h7H,1-6H2,(H2,20,22,25)/b21-7-. The molecule has 5 nitrogen and oxygen atoms in total. The van der Waals surface area contributed by atoms with Crippen molar-refractivity contribution in [2.75, 3.05) is 39.4 Å². The first-order valence-corrected chi connectivity index (χ1v) is 7.71. The van der Waals surface area contributed by atoms with E-state index in [1.807, 2.05) is 0 Å². The Bertz CT molecular complexity index is 638. The summed E-state index contributed by atoms with van der Waals surface area (Å²) in [5.74, 6) is -10.2. The van der Waals surface area contributed by atoms with Crippen molar-refractivity contribution in [1.82, 2.24) is 15.6 Å². The molecule has 1 aliphatic rings. The lowest BCUT2D eigenvalue weighted by atomic mass is 10.2. The van der Waals surface area contributed by atoms with Gasteiger partial charge in [0.15, 0.2) is 28.4 Å².